The molecule has 0 unspecified atom stereocenters. The van der Waals surface area contributed by atoms with Gasteiger partial charge in [-0.05, 0) is 50.3 Å². The zero-order chi connectivity index (χ0) is 12.6. The summed E-state index contributed by atoms with van der Waals surface area (Å²) in [7, 11) is 0. The van der Waals surface area contributed by atoms with Crippen LogP contribution in [0.3, 0.4) is 0 Å². The van der Waals surface area contributed by atoms with Crippen LogP contribution in [-0.2, 0) is 11.2 Å². The van der Waals surface area contributed by atoms with Crippen molar-refractivity contribution >= 4 is 11.5 Å². The first-order valence-corrected chi connectivity index (χ1v) is 5.97. The lowest BCUT2D eigenvalue weighted by atomic mass is 9.75. The average molecular weight is 230 g/mol. The first kappa shape index (κ1) is 11.9. The summed E-state index contributed by atoms with van der Waals surface area (Å²) in [6, 6.07) is 6.27. The Morgan fingerprint density at radius 2 is 2.06 bits per heavy atom. The number of fused-ring (bicyclic) bond motifs is 1. The van der Waals surface area contributed by atoms with Gasteiger partial charge in [0, 0.05) is 0 Å². The molecule has 0 radical (unpaired) electrons. The predicted molar refractivity (Wildman–Crippen MR) is 68.9 cm³/mol. The van der Waals surface area contributed by atoms with E-state index in [1.165, 1.54) is 11.1 Å². The number of rotatable bonds is 2. The Kier molecular flexibility index (Phi) is 2.82. The molecule has 1 aliphatic carbocycles. The van der Waals surface area contributed by atoms with Crippen molar-refractivity contribution in [2.45, 2.75) is 33.6 Å². The maximum Gasteiger partial charge on any atom is 0.313 e. The monoisotopic (exact) mass is 230 g/mol. The number of carboxylic acids is 1. The molecule has 0 amide bonds. The highest BCUT2D eigenvalue weighted by Crippen LogP contribution is 2.39. The summed E-state index contributed by atoms with van der Waals surface area (Å²) in [5.74, 6) is -0.767. The van der Waals surface area contributed by atoms with Gasteiger partial charge in [-0.3, -0.25) is 4.79 Å². The molecule has 1 N–H and O–H groups in total. The van der Waals surface area contributed by atoms with Crippen molar-refractivity contribution in [1.82, 2.24) is 0 Å². The molecule has 2 nitrogen and oxygen atoms in total. The number of allylic oxidation sites excluding steroid dienone is 1. The van der Waals surface area contributed by atoms with Gasteiger partial charge < -0.3 is 5.11 Å². The summed E-state index contributed by atoms with van der Waals surface area (Å²) in [6.07, 6.45) is 4.02. The van der Waals surface area contributed by atoms with Gasteiger partial charge in [-0.15, -0.1) is 0 Å². The Morgan fingerprint density at radius 1 is 1.35 bits per heavy atom. The quantitative estimate of drug-likeness (QED) is 0.845. The minimum atomic E-state index is -0.815. The summed E-state index contributed by atoms with van der Waals surface area (Å²) in [4.78, 5) is 11.4. The standard InChI is InChI=1S/C15H18O2/c1-10-7-8-12-11(9-10)5-4-6-13(12)15(2,3)14(16)17/h6-9H,4-5H2,1-3H3,(H,16,17). The first-order valence-electron chi connectivity index (χ1n) is 5.97. The molecule has 0 aromatic heterocycles. The van der Waals surface area contributed by atoms with Crippen LogP contribution in [0.1, 0.15) is 37.0 Å². The minimum absolute atomic E-state index is 0.767. The maximum absolute atomic E-state index is 11.4. The van der Waals surface area contributed by atoms with Crippen molar-refractivity contribution in [3.05, 3.63) is 41.0 Å². The number of benzene rings is 1. The van der Waals surface area contributed by atoms with E-state index in [2.05, 4.69) is 31.2 Å². The third-order valence-electron chi connectivity index (χ3n) is 3.52. The van der Waals surface area contributed by atoms with Crippen LogP contribution in [0.4, 0.5) is 0 Å². The number of aryl methyl sites for hydroxylation is 2. The van der Waals surface area contributed by atoms with Crippen LogP contribution >= 0.6 is 0 Å². The number of carbonyl (C=O) groups is 1. The Labute approximate surface area is 102 Å². The van der Waals surface area contributed by atoms with Crippen LogP contribution < -0.4 is 0 Å². The summed E-state index contributed by atoms with van der Waals surface area (Å²) < 4.78 is 0. The molecular formula is C15H18O2. The molecule has 0 heterocycles. The van der Waals surface area contributed by atoms with Crippen molar-refractivity contribution in [1.29, 1.82) is 0 Å². The molecule has 0 bridgehead atoms. The molecule has 1 aromatic rings. The fourth-order valence-corrected chi connectivity index (χ4v) is 2.38. The Bertz CT molecular complexity index is 496. The zero-order valence-electron chi connectivity index (χ0n) is 10.6. The normalized spacial score (nSPS) is 15.1. The second-order valence-corrected chi connectivity index (χ2v) is 5.25. The van der Waals surface area contributed by atoms with E-state index in [0.717, 1.165) is 24.0 Å². The van der Waals surface area contributed by atoms with Crippen LogP contribution in [0, 0.1) is 12.3 Å². The summed E-state index contributed by atoms with van der Waals surface area (Å²) in [5, 5.41) is 9.33. The number of hydrogen-bond donors (Lipinski definition) is 1. The topological polar surface area (TPSA) is 37.3 Å². The third kappa shape index (κ3) is 1.99. The van der Waals surface area contributed by atoms with Gasteiger partial charge in [0.25, 0.3) is 0 Å². The van der Waals surface area contributed by atoms with Crippen molar-refractivity contribution in [3.63, 3.8) is 0 Å². The molecule has 90 valence electrons. The largest absolute Gasteiger partial charge is 0.481 e. The predicted octanol–water partition coefficient (Wildman–Crippen LogP) is 3.44. The first-order chi connectivity index (χ1) is 7.93. The van der Waals surface area contributed by atoms with Crippen LogP contribution in [0.25, 0.3) is 5.57 Å². The Balaban J connectivity index is 2.53. The molecule has 0 saturated heterocycles. The van der Waals surface area contributed by atoms with Crippen molar-refractivity contribution in [2.75, 3.05) is 0 Å². The van der Waals surface area contributed by atoms with Crippen molar-refractivity contribution < 1.29 is 9.90 Å². The van der Waals surface area contributed by atoms with E-state index in [1.54, 1.807) is 13.8 Å². The smallest absolute Gasteiger partial charge is 0.313 e. The van der Waals surface area contributed by atoms with E-state index in [0.29, 0.717) is 0 Å². The summed E-state index contributed by atoms with van der Waals surface area (Å²) in [6.45, 7) is 5.62. The lowest BCUT2D eigenvalue weighted by Crippen LogP contribution is -2.26. The van der Waals surface area contributed by atoms with Gasteiger partial charge >= 0.3 is 5.97 Å². The molecule has 17 heavy (non-hydrogen) atoms. The molecule has 2 heteroatoms. The molecule has 0 atom stereocenters. The van der Waals surface area contributed by atoms with Gasteiger partial charge in [0.15, 0.2) is 0 Å². The van der Waals surface area contributed by atoms with E-state index >= 15 is 0 Å². The van der Waals surface area contributed by atoms with Gasteiger partial charge in [0.05, 0.1) is 5.41 Å². The lowest BCUT2D eigenvalue weighted by molar-refractivity contribution is -0.143. The highest BCUT2D eigenvalue weighted by molar-refractivity contribution is 5.92. The minimum Gasteiger partial charge on any atom is -0.481 e. The van der Waals surface area contributed by atoms with Crippen LogP contribution in [0.5, 0.6) is 0 Å². The average Bonchev–Trinajstić information content (AvgIpc) is 2.27. The van der Waals surface area contributed by atoms with Crippen molar-refractivity contribution in [2.24, 2.45) is 5.41 Å². The molecular weight excluding hydrogens is 212 g/mol. The van der Waals surface area contributed by atoms with E-state index < -0.39 is 11.4 Å². The van der Waals surface area contributed by atoms with E-state index in [4.69, 9.17) is 0 Å². The fourth-order valence-electron chi connectivity index (χ4n) is 2.38. The van der Waals surface area contributed by atoms with E-state index in [1.807, 2.05) is 0 Å². The molecule has 2 rings (SSSR count). The van der Waals surface area contributed by atoms with Gasteiger partial charge in [-0.2, -0.15) is 0 Å². The van der Waals surface area contributed by atoms with Gasteiger partial charge in [0.2, 0.25) is 0 Å². The van der Waals surface area contributed by atoms with Gasteiger partial charge in [-0.1, -0.05) is 29.8 Å². The van der Waals surface area contributed by atoms with Crippen LogP contribution in [0.2, 0.25) is 0 Å². The van der Waals surface area contributed by atoms with Crippen molar-refractivity contribution in [3.8, 4) is 0 Å². The third-order valence-corrected chi connectivity index (χ3v) is 3.52. The van der Waals surface area contributed by atoms with Gasteiger partial charge in [-0.25, -0.2) is 0 Å². The molecule has 0 saturated carbocycles. The number of aliphatic carboxylic acids is 1. The highest BCUT2D eigenvalue weighted by atomic mass is 16.4. The summed E-state index contributed by atoms with van der Waals surface area (Å²) in [5.41, 5.74) is 3.75. The highest BCUT2D eigenvalue weighted by Gasteiger charge is 2.34. The van der Waals surface area contributed by atoms with E-state index in [9.17, 15) is 9.90 Å². The summed E-state index contributed by atoms with van der Waals surface area (Å²) >= 11 is 0. The van der Waals surface area contributed by atoms with Crippen LogP contribution in [-0.4, -0.2) is 11.1 Å². The molecule has 1 aliphatic rings. The number of carboxylic acid groups (broad SMARTS) is 1. The number of hydrogen-bond acceptors (Lipinski definition) is 1. The molecule has 1 aromatic carbocycles. The maximum atomic E-state index is 11.4. The SMILES string of the molecule is Cc1ccc2c(c1)CCC=C2C(C)(C)C(=O)O. The second-order valence-electron chi connectivity index (χ2n) is 5.25. The van der Waals surface area contributed by atoms with Gasteiger partial charge in [0.1, 0.15) is 0 Å². The molecule has 0 aliphatic heterocycles. The molecule has 0 fully saturated rings. The lowest BCUT2D eigenvalue weighted by Gasteiger charge is -2.28. The zero-order valence-corrected chi connectivity index (χ0v) is 10.6. The fraction of sp³-hybridized carbons (Fsp3) is 0.400. The second kappa shape index (κ2) is 4.02. The van der Waals surface area contributed by atoms with E-state index in [-0.39, 0.29) is 0 Å². The Morgan fingerprint density at radius 3 is 2.71 bits per heavy atom. The Hall–Kier alpha value is -1.57. The van der Waals surface area contributed by atoms with Crippen LogP contribution in [0.15, 0.2) is 24.3 Å². The molecule has 0 spiro atoms.